The third-order valence-corrected chi connectivity index (χ3v) is 6.23. The number of hydrogen-bond donors (Lipinski definition) is 1. The molecule has 3 aromatic rings. The molecular formula is C22H21FN4O4. The zero-order valence-corrected chi connectivity index (χ0v) is 17.0. The maximum atomic E-state index is 13.9. The normalized spacial score (nSPS) is 17.6. The molecule has 0 unspecified atom stereocenters. The number of carbonyl (C=O) groups is 2. The number of rotatable bonds is 4. The Morgan fingerprint density at radius 2 is 1.97 bits per heavy atom. The summed E-state index contributed by atoms with van der Waals surface area (Å²) in [6.07, 6.45) is 7.33. The van der Waals surface area contributed by atoms with Crippen LogP contribution in [0.15, 0.2) is 30.7 Å². The van der Waals surface area contributed by atoms with Gasteiger partial charge in [0.25, 0.3) is 0 Å². The van der Waals surface area contributed by atoms with Crippen LogP contribution in [-0.4, -0.2) is 46.9 Å². The van der Waals surface area contributed by atoms with Crippen molar-refractivity contribution in [3.8, 4) is 11.5 Å². The van der Waals surface area contributed by atoms with E-state index in [0.29, 0.717) is 41.2 Å². The van der Waals surface area contributed by atoms with E-state index in [4.69, 9.17) is 9.47 Å². The maximum absolute atomic E-state index is 13.9. The number of fused-ring (bicyclic) bond motifs is 1. The summed E-state index contributed by atoms with van der Waals surface area (Å²) in [6.45, 7) is 1.55. The molecule has 31 heavy (non-hydrogen) atoms. The van der Waals surface area contributed by atoms with Crippen molar-refractivity contribution < 1.29 is 23.5 Å². The number of anilines is 1. The van der Waals surface area contributed by atoms with E-state index >= 15 is 0 Å². The highest BCUT2D eigenvalue weighted by atomic mass is 19.1. The van der Waals surface area contributed by atoms with Crippen molar-refractivity contribution in [1.82, 2.24) is 15.0 Å². The van der Waals surface area contributed by atoms with Crippen LogP contribution in [0, 0.1) is 11.2 Å². The second-order valence-corrected chi connectivity index (χ2v) is 8.22. The van der Waals surface area contributed by atoms with Gasteiger partial charge in [-0.3, -0.25) is 4.79 Å². The van der Waals surface area contributed by atoms with Crippen LogP contribution in [-0.2, 0) is 9.53 Å². The zero-order valence-electron chi connectivity index (χ0n) is 17.0. The average Bonchev–Trinajstić information content (AvgIpc) is 3.13. The van der Waals surface area contributed by atoms with Crippen LogP contribution >= 0.6 is 0 Å². The van der Waals surface area contributed by atoms with E-state index in [1.807, 2.05) is 0 Å². The number of Topliss-reactive ketones (excluding diaryl/α,β-unsaturated/α-hetero) is 1. The van der Waals surface area contributed by atoms with Crippen LogP contribution in [0.3, 0.4) is 0 Å². The topological polar surface area (TPSA) is 97.4 Å². The molecule has 5 rings (SSSR count). The van der Waals surface area contributed by atoms with Crippen LogP contribution in [0.25, 0.3) is 11.0 Å². The van der Waals surface area contributed by atoms with Crippen molar-refractivity contribution >= 4 is 28.6 Å². The SMILES string of the molecule is COC(=O)c1cnc(N2CCC3(CC2)CC(=O)C3)cc1Oc1cnc2[nH]cc(F)c2c1. The maximum Gasteiger partial charge on any atom is 0.343 e. The lowest BCUT2D eigenvalue weighted by Gasteiger charge is -2.47. The number of ketones is 1. The summed E-state index contributed by atoms with van der Waals surface area (Å²) >= 11 is 0. The summed E-state index contributed by atoms with van der Waals surface area (Å²) in [5, 5.41) is 0.294. The molecule has 1 saturated heterocycles. The molecule has 0 radical (unpaired) electrons. The Hall–Kier alpha value is -3.49. The average molecular weight is 424 g/mol. The first-order valence-electron chi connectivity index (χ1n) is 10.1. The van der Waals surface area contributed by atoms with Crippen molar-refractivity contribution in [1.29, 1.82) is 0 Å². The lowest BCUT2D eigenvalue weighted by atomic mass is 9.62. The number of aromatic nitrogens is 3. The van der Waals surface area contributed by atoms with E-state index in [9.17, 15) is 14.0 Å². The van der Waals surface area contributed by atoms with Gasteiger partial charge in [0.15, 0.2) is 0 Å². The van der Waals surface area contributed by atoms with Crippen molar-refractivity contribution in [3.05, 3.63) is 42.1 Å². The smallest absolute Gasteiger partial charge is 0.343 e. The Morgan fingerprint density at radius 3 is 2.68 bits per heavy atom. The Bertz CT molecular complexity index is 1170. The first kappa shape index (κ1) is 19.5. The summed E-state index contributed by atoms with van der Waals surface area (Å²) in [5.41, 5.74) is 0.727. The lowest BCUT2D eigenvalue weighted by Crippen LogP contribution is -2.47. The van der Waals surface area contributed by atoms with Crippen LogP contribution in [0.2, 0.25) is 0 Å². The second kappa shape index (κ2) is 7.33. The molecule has 0 bridgehead atoms. The summed E-state index contributed by atoms with van der Waals surface area (Å²) < 4.78 is 24.7. The lowest BCUT2D eigenvalue weighted by molar-refractivity contribution is -0.133. The highest BCUT2D eigenvalue weighted by molar-refractivity contribution is 5.92. The van der Waals surface area contributed by atoms with Gasteiger partial charge in [0.1, 0.15) is 40.1 Å². The molecule has 1 N–H and O–H groups in total. The van der Waals surface area contributed by atoms with Crippen molar-refractivity contribution in [2.75, 3.05) is 25.1 Å². The fourth-order valence-corrected chi connectivity index (χ4v) is 4.43. The van der Waals surface area contributed by atoms with Gasteiger partial charge in [-0.2, -0.15) is 0 Å². The van der Waals surface area contributed by atoms with Gasteiger partial charge in [-0.15, -0.1) is 0 Å². The van der Waals surface area contributed by atoms with Crippen molar-refractivity contribution in [3.63, 3.8) is 0 Å². The molecule has 160 valence electrons. The number of piperidine rings is 1. The zero-order chi connectivity index (χ0) is 21.6. The van der Waals surface area contributed by atoms with Gasteiger partial charge < -0.3 is 19.4 Å². The molecule has 1 spiro atoms. The molecule has 1 aliphatic heterocycles. The van der Waals surface area contributed by atoms with Crippen LogP contribution in [0.1, 0.15) is 36.0 Å². The third-order valence-electron chi connectivity index (χ3n) is 6.23. The number of H-pyrrole nitrogens is 1. The molecule has 8 nitrogen and oxygen atoms in total. The quantitative estimate of drug-likeness (QED) is 0.639. The van der Waals surface area contributed by atoms with Gasteiger partial charge in [-0.05, 0) is 24.3 Å². The Balaban J connectivity index is 1.42. The number of halogens is 1. The minimum atomic E-state index is -0.582. The molecule has 2 aliphatic rings. The van der Waals surface area contributed by atoms with Gasteiger partial charge in [-0.25, -0.2) is 19.2 Å². The molecule has 0 aromatic carbocycles. The largest absolute Gasteiger partial charge is 0.465 e. The van der Waals surface area contributed by atoms with E-state index in [0.717, 1.165) is 25.9 Å². The van der Waals surface area contributed by atoms with Crippen LogP contribution in [0.5, 0.6) is 11.5 Å². The molecule has 9 heteroatoms. The number of nitrogens with one attached hydrogen (secondary N) is 1. The number of nitrogens with zero attached hydrogens (tertiary/aromatic N) is 3. The first-order chi connectivity index (χ1) is 15.0. The molecule has 1 aliphatic carbocycles. The van der Waals surface area contributed by atoms with Crippen LogP contribution < -0.4 is 9.64 Å². The molecule has 1 saturated carbocycles. The first-order valence-corrected chi connectivity index (χ1v) is 10.1. The summed E-state index contributed by atoms with van der Waals surface area (Å²) in [4.78, 5) is 37.1. The number of pyridine rings is 2. The molecule has 0 atom stereocenters. The van der Waals surface area contributed by atoms with E-state index < -0.39 is 11.8 Å². The molecule has 3 aromatic heterocycles. The van der Waals surface area contributed by atoms with Gasteiger partial charge in [-0.1, -0.05) is 0 Å². The fraction of sp³-hybridized carbons (Fsp3) is 0.364. The minimum Gasteiger partial charge on any atom is -0.465 e. The monoisotopic (exact) mass is 424 g/mol. The van der Waals surface area contributed by atoms with E-state index in [-0.39, 0.29) is 16.7 Å². The van der Waals surface area contributed by atoms with Crippen molar-refractivity contribution in [2.24, 2.45) is 5.41 Å². The van der Waals surface area contributed by atoms with Gasteiger partial charge in [0.05, 0.1) is 18.7 Å². The van der Waals surface area contributed by atoms with E-state index in [1.54, 1.807) is 6.07 Å². The van der Waals surface area contributed by atoms with E-state index in [2.05, 4.69) is 19.9 Å². The number of aromatic amines is 1. The molecular weight excluding hydrogens is 403 g/mol. The molecule has 0 amide bonds. The van der Waals surface area contributed by atoms with Crippen LogP contribution in [0.4, 0.5) is 10.2 Å². The summed E-state index contributed by atoms with van der Waals surface area (Å²) in [7, 11) is 1.28. The Kier molecular flexibility index (Phi) is 4.60. The van der Waals surface area contributed by atoms with E-state index in [1.165, 1.54) is 31.8 Å². The summed E-state index contributed by atoms with van der Waals surface area (Å²) in [6, 6.07) is 3.21. The number of hydrogen-bond acceptors (Lipinski definition) is 7. The third kappa shape index (κ3) is 3.49. The number of ether oxygens (including phenoxy) is 2. The van der Waals surface area contributed by atoms with Gasteiger partial charge >= 0.3 is 5.97 Å². The standard InChI is InChI=1S/C22H21FN4O4/c1-30-21(29)16-11-24-19(27-4-2-22(3-5-27)8-13(28)9-22)7-18(16)31-14-6-15-17(23)12-26-20(15)25-10-14/h6-7,10-12H,2-5,8-9H2,1H3,(H,25,26). The predicted octanol–water partition coefficient (Wildman–Crippen LogP) is 3.63. The number of carbonyl (C=O) groups excluding carboxylic acids is 2. The minimum absolute atomic E-state index is 0.153. The highest BCUT2D eigenvalue weighted by Crippen LogP contribution is 2.47. The van der Waals surface area contributed by atoms with Crippen molar-refractivity contribution in [2.45, 2.75) is 25.7 Å². The highest BCUT2D eigenvalue weighted by Gasteiger charge is 2.45. The predicted molar refractivity (Wildman–Crippen MR) is 110 cm³/mol. The Labute approximate surface area is 177 Å². The second-order valence-electron chi connectivity index (χ2n) is 8.22. The summed E-state index contributed by atoms with van der Waals surface area (Å²) in [5.74, 6) is 0.542. The number of esters is 1. The fourth-order valence-electron chi connectivity index (χ4n) is 4.43. The molecule has 2 fully saturated rings. The Morgan fingerprint density at radius 1 is 1.19 bits per heavy atom. The van der Waals surface area contributed by atoms with Gasteiger partial charge in [0, 0.05) is 44.4 Å². The van der Waals surface area contributed by atoms with Gasteiger partial charge in [0.2, 0.25) is 0 Å². The number of methoxy groups -OCH3 is 1. The molecule has 4 heterocycles.